The van der Waals surface area contributed by atoms with Crippen molar-refractivity contribution in [1.82, 2.24) is 10.3 Å². The van der Waals surface area contributed by atoms with Gasteiger partial charge in [0.25, 0.3) is 0 Å². The molecule has 2 rings (SSSR count). The molecule has 1 N–H and O–H groups in total. The Balaban J connectivity index is 2.02. The van der Waals surface area contributed by atoms with Gasteiger partial charge in [-0.1, -0.05) is 12.1 Å². The van der Waals surface area contributed by atoms with Gasteiger partial charge in [-0.05, 0) is 17.7 Å². The van der Waals surface area contributed by atoms with E-state index in [1.54, 1.807) is 32.5 Å². The molecule has 0 saturated heterocycles. The Bertz CT molecular complexity index is 650. The predicted octanol–water partition coefficient (Wildman–Crippen LogP) is 2.26. The summed E-state index contributed by atoms with van der Waals surface area (Å²) >= 11 is 0. The van der Waals surface area contributed by atoms with Crippen molar-refractivity contribution in [2.24, 2.45) is 0 Å². The van der Waals surface area contributed by atoms with Crippen LogP contribution in [0.1, 0.15) is 16.8 Å². The first-order chi connectivity index (χ1) is 10.3. The number of rotatable bonds is 6. The second kappa shape index (κ2) is 7.27. The van der Waals surface area contributed by atoms with E-state index < -0.39 is 0 Å². The molecule has 1 aromatic heterocycles. The molecule has 108 valence electrons. The van der Waals surface area contributed by atoms with E-state index in [0.29, 0.717) is 30.2 Å². The van der Waals surface area contributed by atoms with Gasteiger partial charge in [0.15, 0.2) is 11.5 Å². The molecule has 0 unspecified atom stereocenters. The van der Waals surface area contributed by atoms with Gasteiger partial charge in [0.1, 0.15) is 0 Å². The maximum atomic E-state index is 8.88. The van der Waals surface area contributed by atoms with E-state index in [4.69, 9.17) is 14.7 Å². The molecule has 0 amide bonds. The third-order valence-electron chi connectivity index (χ3n) is 3.04. The smallest absolute Gasteiger partial charge is 0.183 e. The topological polar surface area (TPSA) is 67.2 Å². The summed E-state index contributed by atoms with van der Waals surface area (Å²) in [6.45, 7) is 1.20. The zero-order chi connectivity index (χ0) is 15.1. The molecule has 0 saturated carbocycles. The Morgan fingerprint density at radius 2 is 2.05 bits per heavy atom. The number of aromatic nitrogens is 1. The van der Waals surface area contributed by atoms with Crippen LogP contribution in [0.3, 0.4) is 0 Å². The molecule has 0 aliphatic heterocycles. The Morgan fingerprint density at radius 1 is 1.19 bits per heavy atom. The lowest BCUT2D eigenvalue weighted by Crippen LogP contribution is -2.14. The number of pyridine rings is 1. The summed E-state index contributed by atoms with van der Waals surface area (Å²) in [6.07, 6.45) is 1.69. The minimum absolute atomic E-state index is 0.553. The number of methoxy groups -OCH3 is 2. The van der Waals surface area contributed by atoms with Gasteiger partial charge in [-0.15, -0.1) is 0 Å². The first-order valence-corrected chi connectivity index (χ1v) is 6.54. The van der Waals surface area contributed by atoms with Crippen LogP contribution in [0.2, 0.25) is 0 Å². The van der Waals surface area contributed by atoms with E-state index in [0.717, 1.165) is 11.3 Å². The van der Waals surface area contributed by atoms with Gasteiger partial charge >= 0.3 is 0 Å². The highest BCUT2D eigenvalue weighted by Gasteiger charge is 2.10. The van der Waals surface area contributed by atoms with E-state index in [1.165, 1.54) is 0 Å². The van der Waals surface area contributed by atoms with Gasteiger partial charge < -0.3 is 14.8 Å². The van der Waals surface area contributed by atoms with Gasteiger partial charge in [-0.25, -0.2) is 0 Å². The molecule has 21 heavy (non-hydrogen) atoms. The van der Waals surface area contributed by atoms with Gasteiger partial charge in [-0.2, -0.15) is 5.26 Å². The van der Waals surface area contributed by atoms with E-state index in [2.05, 4.69) is 16.4 Å². The third-order valence-corrected chi connectivity index (χ3v) is 3.04. The highest BCUT2D eigenvalue weighted by atomic mass is 16.5. The number of ether oxygens (including phenoxy) is 2. The van der Waals surface area contributed by atoms with Gasteiger partial charge in [-0.3, -0.25) is 4.98 Å². The van der Waals surface area contributed by atoms with Crippen LogP contribution in [0.25, 0.3) is 0 Å². The summed E-state index contributed by atoms with van der Waals surface area (Å²) in [4.78, 5) is 4.30. The van der Waals surface area contributed by atoms with E-state index >= 15 is 0 Å². The zero-order valence-electron chi connectivity index (χ0n) is 12.1. The molecule has 0 aliphatic carbocycles. The predicted molar refractivity (Wildman–Crippen MR) is 79.0 cm³/mol. The first kappa shape index (κ1) is 14.8. The van der Waals surface area contributed by atoms with E-state index in [1.807, 2.05) is 18.2 Å². The fourth-order valence-electron chi connectivity index (χ4n) is 2.05. The second-order valence-corrected chi connectivity index (χ2v) is 4.41. The maximum absolute atomic E-state index is 8.88. The SMILES string of the molecule is COc1ccnc(CNCc2cccc(C#N)c2)c1OC. The molecule has 5 nitrogen and oxygen atoms in total. The van der Waals surface area contributed by atoms with Crippen molar-refractivity contribution in [3.63, 3.8) is 0 Å². The summed E-state index contributed by atoms with van der Waals surface area (Å²) in [5.41, 5.74) is 2.50. The van der Waals surface area contributed by atoms with Crippen molar-refractivity contribution in [3.05, 3.63) is 53.3 Å². The summed E-state index contributed by atoms with van der Waals surface area (Å²) < 4.78 is 10.6. The molecule has 1 aromatic carbocycles. The highest BCUT2D eigenvalue weighted by molar-refractivity contribution is 5.42. The lowest BCUT2D eigenvalue weighted by atomic mass is 10.1. The third kappa shape index (κ3) is 3.71. The molecule has 0 fully saturated rings. The molecule has 1 heterocycles. The van der Waals surface area contributed by atoms with Crippen LogP contribution in [-0.2, 0) is 13.1 Å². The average molecular weight is 283 g/mol. The van der Waals surface area contributed by atoms with E-state index in [-0.39, 0.29) is 0 Å². The Hall–Kier alpha value is -2.58. The number of hydrogen-bond donors (Lipinski definition) is 1. The quantitative estimate of drug-likeness (QED) is 0.880. The normalized spacial score (nSPS) is 9.95. The Kier molecular flexibility index (Phi) is 5.13. The second-order valence-electron chi connectivity index (χ2n) is 4.41. The number of hydrogen-bond acceptors (Lipinski definition) is 5. The molecule has 5 heteroatoms. The van der Waals surface area contributed by atoms with Crippen LogP contribution in [0.15, 0.2) is 36.5 Å². The van der Waals surface area contributed by atoms with Crippen LogP contribution >= 0.6 is 0 Å². The summed E-state index contributed by atoms with van der Waals surface area (Å²) in [7, 11) is 3.20. The number of nitrogens with one attached hydrogen (secondary N) is 1. The fourth-order valence-corrected chi connectivity index (χ4v) is 2.05. The molecule has 0 radical (unpaired) electrons. The summed E-state index contributed by atoms with van der Waals surface area (Å²) in [5, 5.41) is 12.2. The van der Waals surface area contributed by atoms with Crippen molar-refractivity contribution in [1.29, 1.82) is 5.26 Å². The fraction of sp³-hybridized carbons (Fsp3) is 0.250. The Morgan fingerprint density at radius 3 is 2.76 bits per heavy atom. The summed E-state index contributed by atoms with van der Waals surface area (Å²) in [6, 6.07) is 11.4. The van der Waals surface area contributed by atoms with Crippen LogP contribution in [-0.4, -0.2) is 19.2 Å². The maximum Gasteiger partial charge on any atom is 0.183 e. The lowest BCUT2D eigenvalue weighted by Gasteiger charge is -2.12. The minimum Gasteiger partial charge on any atom is -0.493 e. The number of nitrogens with zero attached hydrogens (tertiary/aromatic N) is 2. The number of nitriles is 1. The van der Waals surface area contributed by atoms with Crippen molar-refractivity contribution in [3.8, 4) is 17.6 Å². The van der Waals surface area contributed by atoms with Crippen LogP contribution < -0.4 is 14.8 Å². The first-order valence-electron chi connectivity index (χ1n) is 6.54. The van der Waals surface area contributed by atoms with Crippen LogP contribution in [0.5, 0.6) is 11.5 Å². The lowest BCUT2D eigenvalue weighted by molar-refractivity contribution is 0.348. The molecular formula is C16H17N3O2. The van der Waals surface area contributed by atoms with E-state index in [9.17, 15) is 0 Å². The van der Waals surface area contributed by atoms with Gasteiger partial charge in [0, 0.05) is 25.4 Å². The van der Waals surface area contributed by atoms with Crippen molar-refractivity contribution >= 4 is 0 Å². The summed E-state index contributed by atoms with van der Waals surface area (Å²) in [5.74, 6) is 1.30. The standard InChI is InChI=1S/C16H17N3O2/c1-20-15-6-7-19-14(16(15)21-2)11-18-10-13-5-3-4-12(8-13)9-17/h3-8,18H,10-11H2,1-2H3. The minimum atomic E-state index is 0.553. The molecule has 0 spiro atoms. The van der Waals surface area contributed by atoms with Crippen molar-refractivity contribution in [2.45, 2.75) is 13.1 Å². The highest BCUT2D eigenvalue weighted by Crippen LogP contribution is 2.28. The molecular weight excluding hydrogens is 266 g/mol. The van der Waals surface area contributed by atoms with Crippen molar-refractivity contribution < 1.29 is 9.47 Å². The van der Waals surface area contributed by atoms with Gasteiger partial charge in [0.05, 0.1) is 31.5 Å². The monoisotopic (exact) mass is 283 g/mol. The average Bonchev–Trinajstić information content (AvgIpc) is 2.54. The molecule has 2 aromatic rings. The largest absolute Gasteiger partial charge is 0.493 e. The Labute approximate surface area is 124 Å². The van der Waals surface area contributed by atoms with Crippen LogP contribution in [0.4, 0.5) is 0 Å². The zero-order valence-corrected chi connectivity index (χ0v) is 12.1. The van der Waals surface area contributed by atoms with Crippen LogP contribution in [0, 0.1) is 11.3 Å². The number of benzene rings is 1. The molecule has 0 aliphatic rings. The molecule has 0 atom stereocenters. The van der Waals surface area contributed by atoms with Crippen molar-refractivity contribution in [2.75, 3.05) is 14.2 Å². The molecule has 0 bridgehead atoms. The van der Waals surface area contributed by atoms with Gasteiger partial charge in [0.2, 0.25) is 0 Å².